The molecule has 0 bridgehead atoms. The first-order valence-corrected chi connectivity index (χ1v) is 13.4. The number of hydrogen-bond donors (Lipinski definition) is 1. The summed E-state index contributed by atoms with van der Waals surface area (Å²) in [7, 11) is -2.65. The lowest BCUT2D eigenvalue weighted by molar-refractivity contribution is 0.587. The van der Waals surface area contributed by atoms with Crippen molar-refractivity contribution in [3.8, 4) is 17.3 Å². The molecule has 1 unspecified atom stereocenters. The number of hydrogen-bond acceptors (Lipinski definition) is 7. The number of nitriles is 1. The number of halogens is 2. The molecule has 34 heavy (non-hydrogen) atoms. The molecule has 0 amide bonds. The van der Waals surface area contributed by atoms with Gasteiger partial charge >= 0.3 is 0 Å². The Balaban J connectivity index is 1.82. The first-order chi connectivity index (χ1) is 16.1. The minimum atomic E-state index is -2.65. The van der Waals surface area contributed by atoms with Crippen LogP contribution in [0, 0.1) is 24.1 Å². The largest absolute Gasteiger partial charge is 0.375 e. The van der Waals surface area contributed by atoms with Crippen molar-refractivity contribution in [2.24, 2.45) is 0 Å². The van der Waals surface area contributed by atoms with Crippen LogP contribution in [-0.2, 0) is 4.57 Å². The second-order valence-corrected chi connectivity index (χ2v) is 11.8. The van der Waals surface area contributed by atoms with Gasteiger partial charge in [0.25, 0.3) is 0 Å². The van der Waals surface area contributed by atoms with Crippen molar-refractivity contribution in [3.63, 3.8) is 0 Å². The lowest BCUT2D eigenvalue weighted by Crippen LogP contribution is -2.13. The summed E-state index contributed by atoms with van der Waals surface area (Å²) in [6.07, 6.45) is 2.82. The Kier molecular flexibility index (Phi) is 6.35. The third-order valence-corrected chi connectivity index (χ3v) is 6.94. The Hall–Kier alpha value is -3.40. The van der Waals surface area contributed by atoms with E-state index in [0.717, 1.165) is 5.56 Å². The smallest absolute Gasteiger partial charge is 0.188 e. The monoisotopic (exact) mass is 494 g/mol. The second kappa shape index (κ2) is 9.09. The summed E-state index contributed by atoms with van der Waals surface area (Å²) in [4.78, 5) is 17.2. The minimum absolute atomic E-state index is 0.0324. The van der Waals surface area contributed by atoms with Gasteiger partial charge in [-0.2, -0.15) is 5.26 Å². The lowest BCUT2D eigenvalue weighted by atomic mass is 10.0. The van der Waals surface area contributed by atoms with Crippen molar-refractivity contribution in [1.82, 2.24) is 19.9 Å². The fraction of sp³-hybridized carbons (Fsp3) is 0.208. The molecular formula is C24H21ClFN6OP. The molecule has 0 aliphatic heterocycles. The third-order valence-electron chi connectivity index (χ3n) is 5.29. The van der Waals surface area contributed by atoms with Crippen molar-refractivity contribution in [1.29, 1.82) is 5.26 Å². The number of rotatable bonds is 5. The van der Waals surface area contributed by atoms with E-state index in [9.17, 15) is 9.83 Å². The highest BCUT2D eigenvalue weighted by molar-refractivity contribution is 7.69. The summed E-state index contributed by atoms with van der Waals surface area (Å²) in [5.41, 5.74) is 3.77. The van der Waals surface area contributed by atoms with Crippen LogP contribution >= 0.6 is 18.7 Å². The quantitative estimate of drug-likeness (QED) is 0.366. The molecule has 4 aromatic rings. The van der Waals surface area contributed by atoms with Crippen molar-refractivity contribution in [2.75, 3.05) is 18.6 Å². The van der Waals surface area contributed by atoms with Crippen LogP contribution in [0.15, 0.2) is 42.7 Å². The van der Waals surface area contributed by atoms with Gasteiger partial charge in [-0.05, 0) is 44.9 Å². The molecule has 7 nitrogen and oxygen atoms in total. The van der Waals surface area contributed by atoms with E-state index in [0.29, 0.717) is 38.6 Å². The van der Waals surface area contributed by atoms with Gasteiger partial charge in [-0.15, -0.1) is 0 Å². The van der Waals surface area contributed by atoms with Gasteiger partial charge in [0.2, 0.25) is 0 Å². The molecular weight excluding hydrogens is 474 g/mol. The van der Waals surface area contributed by atoms with Crippen LogP contribution in [0.2, 0.25) is 5.02 Å². The molecule has 0 radical (unpaired) electrons. The number of benzene rings is 1. The molecule has 1 aromatic carbocycles. The normalized spacial score (nSPS) is 12.4. The van der Waals surface area contributed by atoms with Crippen molar-refractivity contribution in [2.45, 2.75) is 19.9 Å². The zero-order valence-electron chi connectivity index (χ0n) is 19.0. The maximum atomic E-state index is 15.0. The average Bonchev–Trinajstić information content (AvgIpc) is 2.81. The Morgan fingerprint density at radius 1 is 1.18 bits per heavy atom. The summed E-state index contributed by atoms with van der Waals surface area (Å²) >= 11 is 6.60. The molecule has 0 fully saturated rings. The van der Waals surface area contributed by atoms with Gasteiger partial charge in [0.05, 0.1) is 33.6 Å². The second-order valence-electron chi connectivity index (χ2n) is 8.30. The zero-order valence-corrected chi connectivity index (χ0v) is 20.6. The Morgan fingerprint density at radius 2 is 1.88 bits per heavy atom. The Labute approximate surface area is 201 Å². The highest BCUT2D eigenvalue weighted by atomic mass is 35.5. The number of aryl methyl sites for hydroxylation is 1. The van der Waals surface area contributed by atoms with Crippen molar-refractivity contribution < 1.29 is 8.96 Å². The molecule has 0 saturated carbocycles. The molecule has 0 saturated heterocycles. The standard InChI is InChI=1S/C24H21ClFN6OP/c1-13(16-7-5-6-15(8-16)10-27)31-23-20(25)14(2)30-19-9-18(26)21(32-22(19)23)17-11-28-24(29-12-17)34(3,4)33/h5-9,11-13H,1-4H3,(H,30,31). The first kappa shape index (κ1) is 23.7. The van der Waals surface area contributed by atoms with Crippen LogP contribution in [0.3, 0.4) is 0 Å². The van der Waals surface area contributed by atoms with E-state index in [1.54, 1.807) is 32.4 Å². The topological polar surface area (TPSA) is 104 Å². The number of pyridine rings is 2. The SMILES string of the molecule is Cc1nc2cc(F)c(-c3cnc(P(C)(C)=O)nc3)nc2c(NC(C)c2cccc(C#N)c2)c1Cl. The van der Waals surface area contributed by atoms with E-state index in [-0.39, 0.29) is 17.3 Å². The van der Waals surface area contributed by atoms with E-state index >= 15 is 4.39 Å². The van der Waals surface area contributed by atoms with Crippen LogP contribution in [0.25, 0.3) is 22.3 Å². The number of nitrogens with one attached hydrogen (secondary N) is 1. The van der Waals surface area contributed by atoms with Gasteiger partial charge in [0.1, 0.15) is 18.4 Å². The summed E-state index contributed by atoms with van der Waals surface area (Å²) in [6, 6.07) is 10.4. The molecule has 3 aromatic heterocycles. The predicted molar refractivity (Wildman–Crippen MR) is 133 cm³/mol. The number of aromatic nitrogens is 4. The van der Waals surface area contributed by atoms with Crippen LogP contribution in [0.4, 0.5) is 10.1 Å². The van der Waals surface area contributed by atoms with Crippen LogP contribution in [0.1, 0.15) is 29.8 Å². The molecule has 0 spiro atoms. The molecule has 0 aliphatic rings. The maximum Gasteiger partial charge on any atom is 0.188 e. The average molecular weight is 495 g/mol. The van der Waals surface area contributed by atoms with Gasteiger partial charge < -0.3 is 9.88 Å². The van der Waals surface area contributed by atoms with Gasteiger partial charge in [0, 0.05) is 30.1 Å². The highest BCUT2D eigenvalue weighted by Gasteiger charge is 2.20. The van der Waals surface area contributed by atoms with Gasteiger partial charge in [-0.25, -0.2) is 24.3 Å². The van der Waals surface area contributed by atoms with Gasteiger partial charge in [-0.3, -0.25) is 0 Å². The number of anilines is 1. The molecule has 0 aliphatic carbocycles. The molecule has 1 N–H and O–H groups in total. The first-order valence-electron chi connectivity index (χ1n) is 10.4. The molecule has 3 heterocycles. The van der Waals surface area contributed by atoms with Gasteiger partial charge in [-0.1, -0.05) is 23.7 Å². The Bertz CT molecular complexity index is 1500. The molecule has 4 rings (SSSR count). The maximum absolute atomic E-state index is 15.0. The van der Waals surface area contributed by atoms with E-state index in [2.05, 4.69) is 31.3 Å². The summed E-state index contributed by atoms with van der Waals surface area (Å²) in [5, 5.41) is 12.9. The van der Waals surface area contributed by atoms with E-state index in [1.165, 1.54) is 18.5 Å². The minimum Gasteiger partial charge on any atom is -0.375 e. The van der Waals surface area contributed by atoms with Crippen molar-refractivity contribution >= 4 is 41.0 Å². The highest BCUT2D eigenvalue weighted by Crippen LogP contribution is 2.36. The van der Waals surface area contributed by atoms with E-state index < -0.39 is 13.0 Å². The van der Waals surface area contributed by atoms with Gasteiger partial charge in [0.15, 0.2) is 11.4 Å². The predicted octanol–water partition coefficient (Wildman–Crippen LogP) is 5.48. The number of fused-ring (bicyclic) bond motifs is 1. The van der Waals surface area contributed by atoms with Crippen molar-refractivity contribution in [3.05, 3.63) is 70.4 Å². The number of nitrogens with zero attached hydrogens (tertiary/aromatic N) is 5. The van der Waals surface area contributed by atoms with E-state index in [4.69, 9.17) is 11.6 Å². The Morgan fingerprint density at radius 3 is 2.53 bits per heavy atom. The fourth-order valence-corrected chi connectivity index (χ4v) is 4.35. The van der Waals surface area contributed by atoms with Crippen LogP contribution in [0.5, 0.6) is 0 Å². The summed E-state index contributed by atoms with van der Waals surface area (Å²) in [6.45, 7) is 6.80. The summed E-state index contributed by atoms with van der Waals surface area (Å²) < 4.78 is 27.2. The van der Waals surface area contributed by atoms with Crippen LogP contribution in [-0.4, -0.2) is 33.3 Å². The van der Waals surface area contributed by atoms with E-state index in [1.807, 2.05) is 19.1 Å². The lowest BCUT2D eigenvalue weighted by Gasteiger charge is -2.19. The van der Waals surface area contributed by atoms with Crippen LogP contribution < -0.4 is 10.9 Å². The zero-order chi connectivity index (χ0) is 24.6. The molecule has 10 heteroatoms. The molecule has 172 valence electrons. The summed E-state index contributed by atoms with van der Waals surface area (Å²) in [5.74, 6) is -0.588. The third kappa shape index (κ3) is 4.63. The fourth-order valence-electron chi connectivity index (χ4n) is 3.50. The molecule has 1 atom stereocenters.